The maximum atomic E-state index is 12.2. The van der Waals surface area contributed by atoms with Crippen molar-refractivity contribution in [3.8, 4) is 0 Å². The minimum atomic E-state index is -0.128. The molecule has 3 aromatic rings. The molecule has 1 aromatic carbocycles. The van der Waals surface area contributed by atoms with Gasteiger partial charge in [0.2, 0.25) is 5.91 Å². The molecular formula is C17H15BrN4O2S. The Bertz CT molecular complexity index is 863. The standard InChI is InChI=1S/C17H15BrN4O2S/c18-13-5-3-12(4-6-13)8-21-10-15(19-20-21)17-22(16(23)11-25-17)9-14-2-1-7-24-14/h1-7,10,17H,8-9,11H2/t17-/m0/s1. The van der Waals surface area contributed by atoms with E-state index in [9.17, 15) is 4.79 Å². The van der Waals surface area contributed by atoms with E-state index < -0.39 is 0 Å². The zero-order valence-corrected chi connectivity index (χ0v) is 15.6. The zero-order chi connectivity index (χ0) is 17.2. The van der Waals surface area contributed by atoms with Crippen molar-refractivity contribution in [2.75, 3.05) is 5.75 Å². The minimum absolute atomic E-state index is 0.0915. The number of nitrogens with zero attached hydrogens (tertiary/aromatic N) is 4. The summed E-state index contributed by atoms with van der Waals surface area (Å²) >= 11 is 5.00. The predicted molar refractivity (Wildman–Crippen MR) is 97.7 cm³/mol. The molecule has 0 radical (unpaired) electrons. The molecule has 0 unspecified atom stereocenters. The molecule has 1 fully saturated rings. The number of carbonyl (C=O) groups is 1. The molecule has 0 bridgehead atoms. The normalized spacial score (nSPS) is 17.4. The third-order valence-electron chi connectivity index (χ3n) is 3.94. The molecule has 1 saturated heterocycles. The summed E-state index contributed by atoms with van der Waals surface area (Å²) in [6, 6.07) is 11.8. The van der Waals surface area contributed by atoms with Crippen molar-refractivity contribution in [1.82, 2.24) is 19.9 Å². The van der Waals surface area contributed by atoms with Crippen molar-refractivity contribution >= 4 is 33.6 Å². The van der Waals surface area contributed by atoms with Crippen LogP contribution in [0.15, 0.2) is 57.7 Å². The molecule has 1 amide bonds. The van der Waals surface area contributed by atoms with Gasteiger partial charge in [0.05, 0.1) is 31.3 Å². The number of thioether (sulfide) groups is 1. The highest BCUT2D eigenvalue weighted by Crippen LogP contribution is 2.38. The monoisotopic (exact) mass is 418 g/mol. The summed E-state index contributed by atoms with van der Waals surface area (Å²) in [5.41, 5.74) is 1.93. The van der Waals surface area contributed by atoms with Crippen molar-refractivity contribution in [2.45, 2.75) is 18.5 Å². The van der Waals surface area contributed by atoms with E-state index in [-0.39, 0.29) is 11.3 Å². The number of halogens is 1. The molecule has 1 atom stereocenters. The second kappa shape index (κ2) is 7.05. The van der Waals surface area contributed by atoms with Crippen LogP contribution in [0.4, 0.5) is 0 Å². The number of amides is 1. The van der Waals surface area contributed by atoms with Gasteiger partial charge in [-0.15, -0.1) is 16.9 Å². The molecule has 2 aromatic heterocycles. The SMILES string of the molecule is O=C1CS[C@@H](c2cn(Cc3ccc(Br)cc3)nn2)N1Cc1ccco1. The van der Waals surface area contributed by atoms with Crippen molar-refractivity contribution in [2.24, 2.45) is 0 Å². The Morgan fingerprint density at radius 2 is 2.08 bits per heavy atom. The summed E-state index contributed by atoms with van der Waals surface area (Å²) in [5, 5.41) is 8.37. The van der Waals surface area contributed by atoms with Gasteiger partial charge in [-0.25, -0.2) is 4.68 Å². The lowest BCUT2D eigenvalue weighted by Gasteiger charge is -2.20. The van der Waals surface area contributed by atoms with Crippen LogP contribution >= 0.6 is 27.7 Å². The third-order valence-corrected chi connectivity index (χ3v) is 5.70. The Labute approximate surface area is 157 Å². The van der Waals surface area contributed by atoms with E-state index >= 15 is 0 Å². The van der Waals surface area contributed by atoms with Gasteiger partial charge < -0.3 is 9.32 Å². The first-order valence-electron chi connectivity index (χ1n) is 7.77. The molecular weight excluding hydrogens is 404 g/mol. The van der Waals surface area contributed by atoms with Crippen molar-refractivity contribution in [3.63, 3.8) is 0 Å². The summed E-state index contributed by atoms with van der Waals surface area (Å²) in [6.45, 7) is 1.09. The van der Waals surface area contributed by atoms with Gasteiger partial charge in [0.25, 0.3) is 0 Å². The van der Waals surface area contributed by atoms with E-state index in [2.05, 4.69) is 26.2 Å². The lowest BCUT2D eigenvalue weighted by atomic mass is 10.2. The quantitative estimate of drug-likeness (QED) is 0.634. The van der Waals surface area contributed by atoms with Crippen molar-refractivity contribution in [3.05, 3.63) is 70.3 Å². The highest BCUT2D eigenvalue weighted by atomic mass is 79.9. The molecule has 8 heteroatoms. The summed E-state index contributed by atoms with van der Waals surface area (Å²) < 4.78 is 8.22. The first-order chi connectivity index (χ1) is 12.2. The number of hydrogen-bond donors (Lipinski definition) is 0. The molecule has 6 nitrogen and oxygen atoms in total. The number of aromatic nitrogens is 3. The topological polar surface area (TPSA) is 64.2 Å². The van der Waals surface area contributed by atoms with Gasteiger partial charge in [-0.05, 0) is 29.8 Å². The van der Waals surface area contributed by atoms with E-state index in [1.165, 1.54) is 0 Å². The van der Waals surface area contributed by atoms with E-state index in [1.54, 1.807) is 27.6 Å². The second-order valence-electron chi connectivity index (χ2n) is 5.73. The number of carbonyl (C=O) groups excluding carboxylic acids is 1. The van der Waals surface area contributed by atoms with Gasteiger partial charge >= 0.3 is 0 Å². The highest BCUT2D eigenvalue weighted by molar-refractivity contribution is 9.10. The molecule has 0 spiro atoms. The third kappa shape index (κ3) is 3.64. The fourth-order valence-electron chi connectivity index (χ4n) is 2.72. The molecule has 25 heavy (non-hydrogen) atoms. The predicted octanol–water partition coefficient (Wildman–Crippen LogP) is 3.46. The maximum absolute atomic E-state index is 12.2. The molecule has 3 heterocycles. The van der Waals surface area contributed by atoms with Crippen LogP contribution in [0.3, 0.4) is 0 Å². The van der Waals surface area contributed by atoms with E-state index in [4.69, 9.17) is 4.42 Å². The fourth-order valence-corrected chi connectivity index (χ4v) is 4.10. The van der Waals surface area contributed by atoms with Gasteiger partial charge in [-0.2, -0.15) is 0 Å². The summed E-state index contributed by atoms with van der Waals surface area (Å²) in [4.78, 5) is 14.0. The van der Waals surface area contributed by atoms with E-state index in [0.717, 1.165) is 21.5 Å². The highest BCUT2D eigenvalue weighted by Gasteiger charge is 2.35. The Morgan fingerprint density at radius 3 is 2.84 bits per heavy atom. The van der Waals surface area contributed by atoms with E-state index in [0.29, 0.717) is 18.8 Å². The largest absolute Gasteiger partial charge is 0.467 e. The van der Waals surface area contributed by atoms with Crippen LogP contribution in [-0.2, 0) is 17.9 Å². The molecule has 0 N–H and O–H groups in total. The average molecular weight is 419 g/mol. The number of rotatable bonds is 5. The number of benzene rings is 1. The lowest BCUT2D eigenvalue weighted by molar-refractivity contribution is -0.128. The molecule has 4 rings (SSSR count). The maximum Gasteiger partial charge on any atom is 0.234 e. The van der Waals surface area contributed by atoms with Crippen LogP contribution < -0.4 is 0 Å². The van der Waals surface area contributed by atoms with Gasteiger partial charge in [0.15, 0.2) is 0 Å². The van der Waals surface area contributed by atoms with Crippen LogP contribution in [0.5, 0.6) is 0 Å². The Hall–Kier alpha value is -2.06. The number of furan rings is 1. The summed E-state index contributed by atoms with van der Waals surface area (Å²) in [7, 11) is 0. The van der Waals surface area contributed by atoms with Crippen LogP contribution in [0.2, 0.25) is 0 Å². The minimum Gasteiger partial charge on any atom is -0.467 e. The Balaban J connectivity index is 1.50. The van der Waals surface area contributed by atoms with Gasteiger partial charge in [-0.1, -0.05) is 33.3 Å². The molecule has 128 valence electrons. The molecule has 1 aliphatic rings. The molecule has 1 aliphatic heterocycles. The Morgan fingerprint density at radius 1 is 1.24 bits per heavy atom. The first-order valence-corrected chi connectivity index (χ1v) is 9.61. The summed E-state index contributed by atoms with van der Waals surface area (Å²) in [6.07, 6.45) is 3.53. The molecule has 0 aliphatic carbocycles. The second-order valence-corrected chi connectivity index (χ2v) is 7.72. The smallest absolute Gasteiger partial charge is 0.234 e. The Kier molecular flexibility index (Phi) is 4.63. The average Bonchev–Trinajstić information content (AvgIpc) is 3.34. The van der Waals surface area contributed by atoms with Crippen molar-refractivity contribution < 1.29 is 9.21 Å². The van der Waals surface area contributed by atoms with Gasteiger partial charge in [0.1, 0.15) is 16.8 Å². The van der Waals surface area contributed by atoms with Crippen LogP contribution in [0.1, 0.15) is 22.4 Å². The number of hydrogen-bond acceptors (Lipinski definition) is 5. The van der Waals surface area contributed by atoms with Crippen LogP contribution in [0.25, 0.3) is 0 Å². The molecule has 0 saturated carbocycles. The lowest BCUT2D eigenvalue weighted by Crippen LogP contribution is -2.27. The van der Waals surface area contributed by atoms with Gasteiger partial charge in [0, 0.05) is 4.47 Å². The van der Waals surface area contributed by atoms with Crippen LogP contribution in [0, 0.1) is 0 Å². The van der Waals surface area contributed by atoms with Gasteiger partial charge in [-0.3, -0.25) is 4.79 Å². The van der Waals surface area contributed by atoms with Crippen molar-refractivity contribution in [1.29, 1.82) is 0 Å². The fraction of sp³-hybridized carbons (Fsp3) is 0.235. The summed E-state index contributed by atoms with van der Waals surface area (Å²) in [5.74, 6) is 1.31. The zero-order valence-electron chi connectivity index (χ0n) is 13.2. The van der Waals surface area contributed by atoms with E-state index in [1.807, 2.05) is 42.6 Å². The van der Waals surface area contributed by atoms with Crippen LogP contribution in [-0.4, -0.2) is 31.6 Å². The first kappa shape index (κ1) is 16.4.